The second kappa shape index (κ2) is 6.50. The molecule has 1 aromatic carbocycles. The lowest BCUT2D eigenvalue weighted by molar-refractivity contribution is -0.383. The molecule has 0 unspecified atom stereocenters. The molecule has 8 nitrogen and oxygen atoms in total. The molecule has 0 aliphatic carbocycles. The Bertz CT molecular complexity index is 888. The first-order valence-corrected chi connectivity index (χ1v) is 7.63. The Kier molecular flexibility index (Phi) is 4.25. The number of rotatable bonds is 5. The highest BCUT2D eigenvalue weighted by Crippen LogP contribution is 2.26. The molecule has 9 heteroatoms. The van der Waals surface area contributed by atoms with E-state index < -0.39 is 10.9 Å². The third kappa shape index (κ3) is 3.25. The number of aromatic nitrogens is 1. The van der Waals surface area contributed by atoms with Crippen LogP contribution in [0.1, 0.15) is 16.1 Å². The molecule has 2 N–H and O–H groups in total. The summed E-state index contributed by atoms with van der Waals surface area (Å²) < 4.78 is 10.3. The number of benzene rings is 1. The molecule has 0 saturated carbocycles. The molecule has 0 saturated heterocycles. The largest absolute Gasteiger partial charge is 0.455 e. The SMILES string of the molecule is Nc1ccc(C(=O)OCc2cc(-c3cccs3)on2)cc1[N+](=O)[O-]. The van der Waals surface area contributed by atoms with Gasteiger partial charge in [-0.3, -0.25) is 10.1 Å². The van der Waals surface area contributed by atoms with E-state index >= 15 is 0 Å². The maximum absolute atomic E-state index is 12.0. The van der Waals surface area contributed by atoms with Crippen LogP contribution in [0.4, 0.5) is 11.4 Å². The number of hydrogen-bond donors (Lipinski definition) is 1. The van der Waals surface area contributed by atoms with E-state index in [1.807, 2.05) is 17.5 Å². The van der Waals surface area contributed by atoms with Crippen LogP contribution in [0, 0.1) is 10.1 Å². The average Bonchev–Trinajstić information content (AvgIpc) is 3.24. The number of carbonyl (C=O) groups excluding carboxylic acids is 1. The second-order valence-electron chi connectivity index (χ2n) is 4.77. The quantitative estimate of drug-likeness (QED) is 0.326. The molecule has 3 aromatic rings. The van der Waals surface area contributed by atoms with E-state index in [9.17, 15) is 14.9 Å². The molecular formula is C15H11N3O5S. The lowest BCUT2D eigenvalue weighted by Crippen LogP contribution is -2.07. The number of esters is 1. The monoisotopic (exact) mass is 345 g/mol. The van der Waals surface area contributed by atoms with Gasteiger partial charge in [0.15, 0.2) is 5.76 Å². The first-order chi connectivity index (χ1) is 11.5. The van der Waals surface area contributed by atoms with Gasteiger partial charge in [0.05, 0.1) is 15.4 Å². The molecule has 0 atom stereocenters. The minimum absolute atomic E-state index is 0.0198. The van der Waals surface area contributed by atoms with E-state index in [1.165, 1.54) is 23.5 Å². The summed E-state index contributed by atoms with van der Waals surface area (Å²) in [5, 5.41) is 16.6. The number of thiophene rings is 1. The van der Waals surface area contributed by atoms with Crippen molar-refractivity contribution < 1.29 is 19.0 Å². The summed E-state index contributed by atoms with van der Waals surface area (Å²) in [5.74, 6) is -0.127. The van der Waals surface area contributed by atoms with Gasteiger partial charge in [0.25, 0.3) is 5.69 Å². The number of nitro groups is 1. The number of ether oxygens (including phenoxy) is 1. The zero-order chi connectivity index (χ0) is 17.1. The summed E-state index contributed by atoms with van der Waals surface area (Å²) >= 11 is 1.50. The lowest BCUT2D eigenvalue weighted by Gasteiger charge is -2.03. The van der Waals surface area contributed by atoms with Crippen LogP contribution in [0.2, 0.25) is 0 Å². The van der Waals surface area contributed by atoms with Crippen LogP contribution in [-0.2, 0) is 11.3 Å². The van der Waals surface area contributed by atoms with E-state index in [4.69, 9.17) is 15.0 Å². The van der Waals surface area contributed by atoms with Crippen LogP contribution < -0.4 is 5.73 Å². The van der Waals surface area contributed by atoms with Gasteiger partial charge in [0.1, 0.15) is 18.0 Å². The zero-order valence-corrected chi connectivity index (χ0v) is 13.0. The highest BCUT2D eigenvalue weighted by molar-refractivity contribution is 7.13. The van der Waals surface area contributed by atoms with Gasteiger partial charge in [-0.05, 0) is 23.6 Å². The molecule has 0 bridgehead atoms. The standard InChI is InChI=1S/C15H11N3O5S/c16-11-4-3-9(6-12(11)18(20)21)15(19)22-8-10-7-13(23-17-10)14-2-1-5-24-14/h1-7H,8,16H2. The minimum Gasteiger partial charge on any atom is -0.455 e. The highest BCUT2D eigenvalue weighted by atomic mass is 32.1. The molecular weight excluding hydrogens is 334 g/mol. The van der Waals surface area contributed by atoms with Crippen LogP contribution in [0.3, 0.4) is 0 Å². The number of nitro benzene ring substituents is 1. The fourth-order valence-electron chi connectivity index (χ4n) is 1.97. The lowest BCUT2D eigenvalue weighted by atomic mass is 10.2. The van der Waals surface area contributed by atoms with E-state index in [-0.39, 0.29) is 23.5 Å². The first-order valence-electron chi connectivity index (χ1n) is 6.75. The zero-order valence-electron chi connectivity index (χ0n) is 12.2. The summed E-state index contributed by atoms with van der Waals surface area (Å²) in [6.07, 6.45) is 0. The topological polar surface area (TPSA) is 121 Å². The Morgan fingerprint density at radius 3 is 2.92 bits per heavy atom. The van der Waals surface area contributed by atoms with Crippen molar-refractivity contribution in [2.45, 2.75) is 6.61 Å². The predicted octanol–water partition coefficient (Wildman–Crippen LogP) is 3.25. The van der Waals surface area contributed by atoms with Crippen molar-refractivity contribution in [1.29, 1.82) is 0 Å². The van der Waals surface area contributed by atoms with E-state index in [0.29, 0.717) is 11.5 Å². The first kappa shape index (κ1) is 15.7. The number of hydrogen-bond acceptors (Lipinski definition) is 8. The Morgan fingerprint density at radius 2 is 2.21 bits per heavy atom. The molecule has 24 heavy (non-hydrogen) atoms. The molecule has 0 fully saturated rings. The molecule has 0 amide bonds. The van der Waals surface area contributed by atoms with Gasteiger partial charge in [0, 0.05) is 12.1 Å². The van der Waals surface area contributed by atoms with Gasteiger partial charge in [-0.1, -0.05) is 11.2 Å². The van der Waals surface area contributed by atoms with Crippen molar-refractivity contribution in [3.8, 4) is 10.6 Å². The Hall–Kier alpha value is -3.20. The number of anilines is 1. The van der Waals surface area contributed by atoms with Crippen molar-refractivity contribution in [2.24, 2.45) is 0 Å². The van der Waals surface area contributed by atoms with Gasteiger partial charge in [-0.2, -0.15) is 0 Å². The summed E-state index contributed by atoms with van der Waals surface area (Å²) in [4.78, 5) is 23.1. The fraction of sp³-hybridized carbons (Fsp3) is 0.0667. The normalized spacial score (nSPS) is 10.5. The fourth-order valence-corrected chi connectivity index (χ4v) is 2.64. The van der Waals surface area contributed by atoms with E-state index in [0.717, 1.165) is 10.9 Å². The van der Waals surface area contributed by atoms with Crippen LogP contribution in [-0.4, -0.2) is 16.0 Å². The molecule has 0 aliphatic rings. The summed E-state index contributed by atoms with van der Waals surface area (Å²) in [6, 6.07) is 9.18. The molecule has 0 radical (unpaired) electrons. The van der Waals surface area contributed by atoms with Crippen LogP contribution in [0.5, 0.6) is 0 Å². The number of nitrogen functional groups attached to an aromatic ring is 1. The van der Waals surface area contributed by atoms with Crippen molar-refractivity contribution in [3.63, 3.8) is 0 Å². The predicted molar refractivity (Wildman–Crippen MR) is 86.4 cm³/mol. The molecule has 2 aromatic heterocycles. The van der Waals surface area contributed by atoms with Gasteiger partial charge in [0.2, 0.25) is 0 Å². The number of nitrogens with two attached hydrogens (primary N) is 1. The van der Waals surface area contributed by atoms with Crippen LogP contribution in [0.25, 0.3) is 10.6 Å². The van der Waals surface area contributed by atoms with Gasteiger partial charge >= 0.3 is 5.97 Å². The van der Waals surface area contributed by atoms with Crippen molar-refractivity contribution in [2.75, 3.05) is 5.73 Å². The van der Waals surface area contributed by atoms with Crippen LogP contribution in [0.15, 0.2) is 46.3 Å². The third-order valence-electron chi connectivity index (χ3n) is 3.14. The molecule has 0 aliphatic heterocycles. The van der Waals surface area contributed by atoms with E-state index in [2.05, 4.69) is 5.16 Å². The van der Waals surface area contributed by atoms with Gasteiger partial charge in [-0.25, -0.2) is 4.79 Å². The van der Waals surface area contributed by atoms with Crippen molar-refractivity contribution >= 4 is 28.7 Å². The van der Waals surface area contributed by atoms with Crippen LogP contribution >= 0.6 is 11.3 Å². The summed E-state index contributed by atoms with van der Waals surface area (Å²) in [6.45, 7) is -0.105. The van der Waals surface area contributed by atoms with Crippen molar-refractivity contribution in [1.82, 2.24) is 5.16 Å². The molecule has 0 spiro atoms. The second-order valence-corrected chi connectivity index (χ2v) is 5.71. The third-order valence-corrected chi connectivity index (χ3v) is 4.02. The highest BCUT2D eigenvalue weighted by Gasteiger charge is 2.17. The summed E-state index contributed by atoms with van der Waals surface area (Å²) in [7, 11) is 0. The number of nitrogens with zero attached hydrogens (tertiary/aromatic N) is 2. The average molecular weight is 345 g/mol. The molecule has 122 valence electrons. The Balaban J connectivity index is 1.68. The molecule has 2 heterocycles. The maximum Gasteiger partial charge on any atom is 0.338 e. The molecule has 3 rings (SSSR count). The smallest absolute Gasteiger partial charge is 0.338 e. The van der Waals surface area contributed by atoms with Gasteiger partial charge in [-0.15, -0.1) is 11.3 Å². The minimum atomic E-state index is -0.709. The van der Waals surface area contributed by atoms with Gasteiger partial charge < -0.3 is 15.0 Å². The van der Waals surface area contributed by atoms with Crippen molar-refractivity contribution in [3.05, 3.63) is 63.1 Å². The number of carbonyl (C=O) groups is 1. The van der Waals surface area contributed by atoms with E-state index in [1.54, 1.807) is 6.07 Å². The summed E-state index contributed by atoms with van der Waals surface area (Å²) in [5.41, 5.74) is 5.61. The Morgan fingerprint density at radius 1 is 1.38 bits per heavy atom. The Labute approximate surface area is 139 Å². The maximum atomic E-state index is 12.0.